The van der Waals surface area contributed by atoms with Gasteiger partial charge in [0, 0.05) is 17.2 Å². The quantitative estimate of drug-likeness (QED) is 0.728. The number of sulfonamides is 1. The van der Waals surface area contributed by atoms with E-state index in [-0.39, 0.29) is 16.6 Å². The highest BCUT2D eigenvalue weighted by molar-refractivity contribution is 9.10. The van der Waals surface area contributed by atoms with Gasteiger partial charge < -0.3 is 5.32 Å². The molecule has 1 amide bonds. The van der Waals surface area contributed by atoms with Gasteiger partial charge in [0.1, 0.15) is 10.0 Å². The van der Waals surface area contributed by atoms with Gasteiger partial charge in [0.05, 0.1) is 6.54 Å². The van der Waals surface area contributed by atoms with E-state index in [0.717, 1.165) is 0 Å². The van der Waals surface area contributed by atoms with Crippen LogP contribution in [-0.2, 0) is 14.8 Å². The Kier molecular flexibility index (Phi) is 6.38. The summed E-state index contributed by atoms with van der Waals surface area (Å²) in [5.41, 5.74) is 0. The van der Waals surface area contributed by atoms with E-state index >= 15 is 0 Å². The van der Waals surface area contributed by atoms with E-state index in [1.54, 1.807) is 0 Å². The molecule has 0 aliphatic carbocycles. The summed E-state index contributed by atoms with van der Waals surface area (Å²) in [6.45, 7) is 4.02. The molecule has 112 valence electrons. The fourth-order valence-corrected chi connectivity index (χ4v) is 3.14. The third-order valence-corrected chi connectivity index (χ3v) is 4.45. The first-order valence-electron chi connectivity index (χ1n) is 5.80. The van der Waals surface area contributed by atoms with Crippen molar-refractivity contribution >= 4 is 43.5 Å². The molecule has 0 saturated heterocycles. The van der Waals surface area contributed by atoms with Crippen molar-refractivity contribution in [2.45, 2.75) is 18.7 Å². The van der Waals surface area contributed by atoms with Gasteiger partial charge in [0.2, 0.25) is 15.9 Å². The monoisotopic (exact) mass is 383 g/mol. The molecule has 0 atom stereocenters. The number of carbonyl (C=O) groups excluding carboxylic acids is 1. The van der Waals surface area contributed by atoms with Crippen LogP contribution in [0.1, 0.15) is 13.8 Å². The second kappa shape index (κ2) is 7.35. The van der Waals surface area contributed by atoms with Gasteiger partial charge >= 0.3 is 0 Å². The van der Waals surface area contributed by atoms with Crippen LogP contribution < -0.4 is 10.0 Å². The minimum Gasteiger partial charge on any atom is -0.355 e. The third kappa shape index (κ3) is 5.35. The SMILES string of the molecule is CC(C)CNC(=O)CNS(=O)(=O)c1cc(Br)cnc1Cl. The van der Waals surface area contributed by atoms with E-state index in [9.17, 15) is 13.2 Å². The number of halogens is 2. The predicted octanol–water partition coefficient (Wildman–Crippen LogP) is 1.55. The summed E-state index contributed by atoms with van der Waals surface area (Å²) >= 11 is 8.86. The fourth-order valence-electron chi connectivity index (χ4n) is 1.21. The van der Waals surface area contributed by atoms with Crippen molar-refractivity contribution in [1.82, 2.24) is 15.0 Å². The van der Waals surface area contributed by atoms with Gasteiger partial charge in [-0.3, -0.25) is 4.79 Å². The number of pyridine rings is 1. The molecule has 9 heteroatoms. The van der Waals surface area contributed by atoms with E-state index in [2.05, 4.69) is 31.0 Å². The highest BCUT2D eigenvalue weighted by atomic mass is 79.9. The minimum atomic E-state index is -3.88. The van der Waals surface area contributed by atoms with Gasteiger partial charge in [-0.2, -0.15) is 0 Å². The molecule has 0 aliphatic rings. The maximum Gasteiger partial charge on any atom is 0.244 e. The molecule has 1 aromatic rings. The lowest BCUT2D eigenvalue weighted by Gasteiger charge is -2.10. The van der Waals surface area contributed by atoms with Crippen molar-refractivity contribution in [3.8, 4) is 0 Å². The van der Waals surface area contributed by atoms with Crippen LogP contribution in [0.5, 0.6) is 0 Å². The molecular formula is C11H15BrClN3O3S. The summed E-state index contributed by atoms with van der Waals surface area (Å²) in [6.07, 6.45) is 1.39. The normalized spacial score (nSPS) is 11.7. The molecule has 0 spiro atoms. The number of amides is 1. The molecule has 1 aromatic heterocycles. The molecular weight excluding hydrogens is 370 g/mol. The average molecular weight is 385 g/mol. The van der Waals surface area contributed by atoms with Gasteiger partial charge in [0.25, 0.3) is 0 Å². The molecule has 20 heavy (non-hydrogen) atoms. The Bertz CT molecular complexity index is 593. The first-order valence-corrected chi connectivity index (χ1v) is 8.45. The topological polar surface area (TPSA) is 88.2 Å². The summed E-state index contributed by atoms with van der Waals surface area (Å²) in [5, 5.41) is 2.46. The molecule has 1 rings (SSSR count). The number of hydrogen-bond acceptors (Lipinski definition) is 4. The summed E-state index contributed by atoms with van der Waals surface area (Å²) < 4.78 is 26.7. The maximum absolute atomic E-state index is 12.0. The van der Waals surface area contributed by atoms with Crippen LogP contribution in [-0.4, -0.2) is 32.4 Å². The predicted molar refractivity (Wildman–Crippen MR) is 80.0 cm³/mol. The van der Waals surface area contributed by atoms with Gasteiger partial charge in [0.15, 0.2) is 0 Å². The number of nitrogens with zero attached hydrogens (tertiary/aromatic N) is 1. The lowest BCUT2D eigenvalue weighted by atomic mass is 10.2. The number of nitrogens with one attached hydrogen (secondary N) is 2. The zero-order chi connectivity index (χ0) is 15.3. The Labute approximate surface area is 131 Å². The fraction of sp³-hybridized carbons (Fsp3) is 0.455. The Balaban J connectivity index is 2.71. The van der Waals surface area contributed by atoms with E-state index < -0.39 is 15.9 Å². The van der Waals surface area contributed by atoms with Crippen molar-refractivity contribution < 1.29 is 13.2 Å². The molecule has 0 aliphatic heterocycles. The second-order valence-electron chi connectivity index (χ2n) is 4.46. The van der Waals surface area contributed by atoms with Crippen LogP contribution >= 0.6 is 27.5 Å². The molecule has 0 saturated carbocycles. The first-order chi connectivity index (χ1) is 9.22. The van der Waals surface area contributed by atoms with Crippen molar-refractivity contribution in [3.05, 3.63) is 21.9 Å². The Hall–Kier alpha value is -0.700. The number of carbonyl (C=O) groups is 1. The van der Waals surface area contributed by atoms with Gasteiger partial charge in [-0.25, -0.2) is 18.1 Å². The Morgan fingerprint density at radius 2 is 2.15 bits per heavy atom. The third-order valence-electron chi connectivity index (χ3n) is 2.19. The van der Waals surface area contributed by atoms with Crippen LogP contribution in [0.15, 0.2) is 21.6 Å². The van der Waals surface area contributed by atoms with E-state index in [0.29, 0.717) is 16.9 Å². The standard InChI is InChI=1S/C11H15BrClN3O3S/c1-7(2)4-14-10(17)6-16-20(18,19)9-3-8(12)5-15-11(9)13/h3,5,7,16H,4,6H2,1-2H3,(H,14,17). The minimum absolute atomic E-state index is 0.150. The molecule has 0 fully saturated rings. The molecule has 0 radical (unpaired) electrons. The average Bonchev–Trinajstić information content (AvgIpc) is 2.36. The summed E-state index contributed by atoms with van der Waals surface area (Å²) in [5.74, 6) is -0.111. The molecule has 0 unspecified atom stereocenters. The second-order valence-corrected chi connectivity index (χ2v) is 7.47. The lowest BCUT2D eigenvalue weighted by molar-refractivity contribution is -0.120. The van der Waals surface area contributed by atoms with Crippen LogP contribution in [0.25, 0.3) is 0 Å². The van der Waals surface area contributed by atoms with Crippen LogP contribution in [0.2, 0.25) is 5.15 Å². The molecule has 0 bridgehead atoms. The van der Waals surface area contributed by atoms with E-state index in [1.807, 2.05) is 13.8 Å². The lowest BCUT2D eigenvalue weighted by Crippen LogP contribution is -2.38. The summed E-state index contributed by atoms with van der Waals surface area (Å²) in [7, 11) is -3.88. The van der Waals surface area contributed by atoms with Crippen LogP contribution in [0.3, 0.4) is 0 Å². The molecule has 1 heterocycles. The first kappa shape index (κ1) is 17.4. The van der Waals surface area contributed by atoms with Crippen molar-refractivity contribution in [1.29, 1.82) is 0 Å². The van der Waals surface area contributed by atoms with Gasteiger partial charge in [-0.05, 0) is 27.9 Å². The largest absolute Gasteiger partial charge is 0.355 e. The number of hydrogen-bond donors (Lipinski definition) is 2. The van der Waals surface area contributed by atoms with Gasteiger partial charge in [-0.15, -0.1) is 0 Å². The molecule has 0 aromatic carbocycles. The highest BCUT2D eigenvalue weighted by Crippen LogP contribution is 2.22. The number of rotatable bonds is 6. The smallest absolute Gasteiger partial charge is 0.244 e. The van der Waals surface area contributed by atoms with Crippen molar-refractivity contribution in [2.75, 3.05) is 13.1 Å². The number of aromatic nitrogens is 1. The van der Waals surface area contributed by atoms with Crippen LogP contribution in [0, 0.1) is 5.92 Å². The van der Waals surface area contributed by atoms with Crippen molar-refractivity contribution in [3.63, 3.8) is 0 Å². The maximum atomic E-state index is 12.0. The summed E-state index contributed by atoms with van der Waals surface area (Å²) in [4.78, 5) is 15.0. The zero-order valence-corrected chi connectivity index (χ0v) is 14.1. The zero-order valence-electron chi connectivity index (χ0n) is 11.0. The molecule has 2 N–H and O–H groups in total. The Morgan fingerprint density at radius 1 is 1.50 bits per heavy atom. The molecule has 6 nitrogen and oxygen atoms in total. The Morgan fingerprint density at radius 3 is 2.75 bits per heavy atom. The van der Waals surface area contributed by atoms with E-state index in [1.165, 1.54) is 12.3 Å². The summed E-state index contributed by atoms with van der Waals surface area (Å²) in [6, 6.07) is 1.32. The van der Waals surface area contributed by atoms with Crippen LogP contribution in [0.4, 0.5) is 0 Å². The van der Waals surface area contributed by atoms with E-state index in [4.69, 9.17) is 11.6 Å². The van der Waals surface area contributed by atoms with Gasteiger partial charge in [-0.1, -0.05) is 25.4 Å². The van der Waals surface area contributed by atoms with Crippen molar-refractivity contribution in [2.24, 2.45) is 5.92 Å². The highest BCUT2D eigenvalue weighted by Gasteiger charge is 2.20.